The van der Waals surface area contributed by atoms with Gasteiger partial charge in [-0.2, -0.15) is 13.2 Å². The number of amides is 1. The largest absolute Gasteiger partial charge is 0.481 e. The number of carboxylic acids is 1. The number of alkyl halides is 3. The summed E-state index contributed by atoms with van der Waals surface area (Å²) in [4.78, 5) is 20.1. The van der Waals surface area contributed by atoms with E-state index in [0.717, 1.165) is 12.2 Å². The van der Waals surface area contributed by atoms with Gasteiger partial charge in [-0.3, -0.25) is 9.59 Å². The van der Waals surface area contributed by atoms with Gasteiger partial charge in [-0.05, 0) is 0 Å². The van der Waals surface area contributed by atoms with Crippen molar-refractivity contribution >= 4 is 11.9 Å². The van der Waals surface area contributed by atoms with Crippen molar-refractivity contribution in [1.29, 1.82) is 0 Å². The standard InChI is InChI=1S/C7H8F3NO3/c8-7(9,10)6(14)11-4-2-1-3-5(12)13/h1-2H,3-4H2,(H,11,14)(H,12,13)/b2-1+. The first kappa shape index (κ1) is 12.5. The maximum absolute atomic E-state index is 11.6. The molecule has 0 aliphatic rings. The van der Waals surface area contributed by atoms with E-state index in [9.17, 15) is 22.8 Å². The van der Waals surface area contributed by atoms with Crippen molar-refractivity contribution in [3.05, 3.63) is 12.2 Å². The molecule has 0 bridgehead atoms. The van der Waals surface area contributed by atoms with Gasteiger partial charge < -0.3 is 10.4 Å². The summed E-state index contributed by atoms with van der Waals surface area (Å²) in [5.74, 6) is -3.14. The molecule has 80 valence electrons. The van der Waals surface area contributed by atoms with Crippen molar-refractivity contribution in [3.63, 3.8) is 0 Å². The predicted molar refractivity (Wildman–Crippen MR) is 40.5 cm³/mol. The molecule has 0 saturated heterocycles. The predicted octanol–water partition coefficient (Wildman–Crippen LogP) is 0.696. The highest BCUT2D eigenvalue weighted by atomic mass is 19.4. The van der Waals surface area contributed by atoms with Crippen LogP contribution in [0.1, 0.15) is 6.42 Å². The van der Waals surface area contributed by atoms with Gasteiger partial charge in [0.1, 0.15) is 0 Å². The molecule has 0 atom stereocenters. The molecule has 1 amide bonds. The number of carbonyl (C=O) groups is 2. The van der Waals surface area contributed by atoms with Crippen LogP contribution in [0, 0.1) is 0 Å². The SMILES string of the molecule is O=C(O)C/C=C/CNC(=O)C(F)(F)F. The van der Waals surface area contributed by atoms with Gasteiger partial charge in [0.15, 0.2) is 0 Å². The first-order valence-electron chi connectivity index (χ1n) is 3.56. The zero-order chi connectivity index (χ0) is 11.2. The fraction of sp³-hybridized carbons (Fsp3) is 0.429. The van der Waals surface area contributed by atoms with E-state index < -0.39 is 18.1 Å². The van der Waals surface area contributed by atoms with Crippen LogP contribution in [0.2, 0.25) is 0 Å². The minimum Gasteiger partial charge on any atom is -0.481 e. The van der Waals surface area contributed by atoms with E-state index in [1.54, 1.807) is 5.32 Å². The smallest absolute Gasteiger partial charge is 0.471 e. The van der Waals surface area contributed by atoms with Crippen molar-refractivity contribution in [2.45, 2.75) is 12.6 Å². The molecule has 0 radical (unpaired) electrons. The second-order valence-corrected chi connectivity index (χ2v) is 2.28. The normalized spacial score (nSPS) is 11.6. The zero-order valence-corrected chi connectivity index (χ0v) is 6.97. The molecule has 0 aromatic carbocycles. The van der Waals surface area contributed by atoms with Crippen molar-refractivity contribution in [2.24, 2.45) is 0 Å². The summed E-state index contributed by atoms with van der Waals surface area (Å²) >= 11 is 0. The Labute approximate surface area is 77.4 Å². The van der Waals surface area contributed by atoms with Crippen LogP contribution in [0.5, 0.6) is 0 Å². The van der Waals surface area contributed by atoms with Gasteiger partial charge in [0.25, 0.3) is 0 Å². The molecule has 7 heteroatoms. The van der Waals surface area contributed by atoms with Crippen LogP contribution in [0.25, 0.3) is 0 Å². The van der Waals surface area contributed by atoms with Gasteiger partial charge in [0.05, 0.1) is 6.42 Å². The lowest BCUT2D eigenvalue weighted by Crippen LogP contribution is -2.36. The molecule has 0 saturated carbocycles. The molecule has 0 aliphatic carbocycles. The molecule has 0 aromatic heterocycles. The topological polar surface area (TPSA) is 66.4 Å². The second kappa shape index (κ2) is 5.25. The number of rotatable bonds is 4. The van der Waals surface area contributed by atoms with Gasteiger partial charge in [-0.15, -0.1) is 0 Å². The fourth-order valence-electron chi connectivity index (χ4n) is 0.519. The van der Waals surface area contributed by atoms with Crippen molar-refractivity contribution in [3.8, 4) is 0 Å². The van der Waals surface area contributed by atoms with Crippen LogP contribution in [0.15, 0.2) is 12.2 Å². The molecule has 0 rings (SSSR count). The van der Waals surface area contributed by atoms with Gasteiger partial charge in [-0.1, -0.05) is 12.2 Å². The number of halogens is 3. The summed E-state index contributed by atoms with van der Waals surface area (Å²) in [7, 11) is 0. The highest BCUT2D eigenvalue weighted by Crippen LogP contribution is 2.13. The van der Waals surface area contributed by atoms with E-state index in [1.165, 1.54) is 0 Å². The van der Waals surface area contributed by atoms with Crippen LogP contribution in [0.3, 0.4) is 0 Å². The Hall–Kier alpha value is -1.53. The van der Waals surface area contributed by atoms with Crippen molar-refractivity contribution in [2.75, 3.05) is 6.54 Å². The third-order valence-corrected chi connectivity index (χ3v) is 1.10. The fourth-order valence-corrected chi connectivity index (χ4v) is 0.519. The minimum absolute atomic E-state index is 0.290. The van der Waals surface area contributed by atoms with E-state index in [1.807, 2.05) is 0 Å². The van der Waals surface area contributed by atoms with Crippen molar-refractivity contribution in [1.82, 2.24) is 5.32 Å². The maximum Gasteiger partial charge on any atom is 0.471 e. The van der Waals surface area contributed by atoms with Gasteiger partial charge >= 0.3 is 18.1 Å². The third-order valence-electron chi connectivity index (χ3n) is 1.10. The molecule has 0 heterocycles. The third kappa shape index (κ3) is 6.04. The van der Waals surface area contributed by atoms with E-state index in [4.69, 9.17) is 5.11 Å². The lowest BCUT2D eigenvalue weighted by atomic mass is 10.4. The van der Waals surface area contributed by atoms with Crippen LogP contribution < -0.4 is 5.32 Å². The Morgan fingerprint density at radius 2 is 1.86 bits per heavy atom. The van der Waals surface area contributed by atoms with Crippen LogP contribution in [0.4, 0.5) is 13.2 Å². The Bertz CT molecular complexity index is 247. The molecule has 0 fully saturated rings. The minimum atomic E-state index is -4.90. The highest BCUT2D eigenvalue weighted by molar-refractivity contribution is 5.81. The molecule has 0 spiro atoms. The summed E-state index contributed by atoms with van der Waals surface area (Å²) in [6.07, 6.45) is -2.90. The molecular formula is C7H8F3NO3. The van der Waals surface area contributed by atoms with Gasteiger partial charge in [0.2, 0.25) is 0 Å². The molecule has 14 heavy (non-hydrogen) atoms. The Balaban J connectivity index is 3.70. The maximum atomic E-state index is 11.6. The molecule has 0 unspecified atom stereocenters. The highest BCUT2D eigenvalue weighted by Gasteiger charge is 2.37. The number of nitrogens with one attached hydrogen (secondary N) is 1. The van der Waals surface area contributed by atoms with Gasteiger partial charge in [0, 0.05) is 6.54 Å². The Kier molecular flexibility index (Phi) is 4.68. The number of hydrogen-bond acceptors (Lipinski definition) is 2. The summed E-state index contributed by atoms with van der Waals surface area (Å²) in [5, 5.41) is 9.69. The first-order chi connectivity index (χ1) is 6.34. The monoisotopic (exact) mass is 211 g/mol. The second-order valence-electron chi connectivity index (χ2n) is 2.28. The van der Waals surface area contributed by atoms with E-state index >= 15 is 0 Å². The number of carboxylic acid groups (broad SMARTS) is 1. The molecule has 0 aliphatic heterocycles. The summed E-state index contributed by atoms with van der Waals surface area (Å²) in [6.45, 7) is -0.342. The quantitative estimate of drug-likeness (QED) is 0.672. The first-order valence-corrected chi connectivity index (χ1v) is 3.56. The van der Waals surface area contributed by atoms with E-state index in [0.29, 0.717) is 0 Å². The van der Waals surface area contributed by atoms with E-state index in [2.05, 4.69) is 0 Å². The van der Waals surface area contributed by atoms with Crippen LogP contribution in [-0.2, 0) is 9.59 Å². The van der Waals surface area contributed by atoms with Crippen LogP contribution >= 0.6 is 0 Å². The lowest BCUT2D eigenvalue weighted by molar-refractivity contribution is -0.173. The zero-order valence-electron chi connectivity index (χ0n) is 6.97. The lowest BCUT2D eigenvalue weighted by Gasteiger charge is -2.04. The summed E-state index contributed by atoms with van der Waals surface area (Å²) < 4.78 is 34.7. The molecule has 0 aromatic rings. The molecule has 4 nitrogen and oxygen atoms in total. The number of aliphatic carboxylic acids is 1. The van der Waals surface area contributed by atoms with Gasteiger partial charge in [-0.25, -0.2) is 0 Å². The average molecular weight is 211 g/mol. The Morgan fingerprint density at radius 1 is 1.29 bits per heavy atom. The Morgan fingerprint density at radius 3 is 2.29 bits per heavy atom. The van der Waals surface area contributed by atoms with Crippen LogP contribution in [-0.4, -0.2) is 29.7 Å². The summed E-state index contributed by atoms with van der Waals surface area (Å²) in [5.41, 5.74) is 0. The number of hydrogen-bond donors (Lipinski definition) is 2. The molecule has 2 N–H and O–H groups in total. The number of carbonyl (C=O) groups excluding carboxylic acids is 1. The average Bonchev–Trinajstić information content (AvgIpc) is 2.01. The van der Waals surface area contributed by atoms with E-state index in [-0.39, 0.29) is 13.0 Å². The summed E-state index contributed by atoms with van der Waals surface area (Å²) in [6, 6.07) is 0. The molecular weight excluding hydrogens is 203 g/mol. The van der Waals surface area contributed by atoms with Crippen molar-refractivity contribution < 1.29 is 27.9 Å².